The monoisotopic (exact) mass is 482 g/mol. The van der Waals surface area contributed by atoms with Crippen LogP contribution < -0.4 is 14.4 Å². The molecule has 0 atom stereocenters. The summed E-state index contributed by atoms with van der Waals surface area (Å²) in [5, 5.41) is 11.5. The molecule has 1 aliphatic rings. The van der Waals surface area contributed by atoms with Crippen molar-refractivity contribution in [3.8, 4) is 11.5 Å². The molecule has 0 radical (unpaired) electrons. The van der Waals surface area contributed by atoms with Crippen LogP contribution in [0.25, 0.3) is 0 Å². The van der Waals surface area contributed by atoms with E-state index >= 15 is 0 Å². The summed E-state index contributed by atoms with van der Waals surface area (Å²) in [7, 11) is 1.54. The maximum Gasteiger partial charge on any atom is 0.287 e. The van der Waals surface area contributed by atoms with Gasteiger partial charge in [0.1, 0.15) is 18.6 Å². The minimum Gasteiger partial charge on any atom is -0.493 e. The van der Waals surface area contributed by atoms with Gasteiger partial charge in [-0.2, -0.15) is 0 Å². The fourth-order valence-corrected chi connectivity index (χ4v) is 3.78. The lowest BCUT2D eigenvalue weighted by atomic mass is 10.1. The number of nitrogens with zero attached hydrogens (tertiary/aromatic N) is 4. The van der Waals surface area contributed by atoms with Gasteiger partial charge in [-0.25, -0.2) is 4.98 Å². The maximum absolute atomic E-state index is 13.1. The van der Waals surface area contributed by atoms with Crippen LogP contribution in [0.15, 0.2) is 60.8 Å². The molecule has 1 saturated heterocycles. The molecule has 1 fully saturated rings. The number of piperazine rings is 1. The number of carbonyl (C=O) groups is 1. The molecule has 0 bridgehead atoms. The number of halogens is 1. The second kappa shape index (κ2) is 10.4. The number of aromatic nitrogens is 1. The van der Waals surface area contributed by atoms with Gasteiger partial charge in [0.05, 0.1) is 12.0 Å². The highest BCUT2D eigenvalue weighted by Crippen LogP contribution is 2.30. The number of amides is 1. The summed E-state index contributed by atoms with van der Waals surface area (Å²) in [5.74, 6) is 1.58. The van der Waals surface area contributed by atoms with E-state index in [0.717, 1.165) is 5.56 Å². The summed E-state index contributed by atoms with van der Waals surface area (Å²) in [6.07, 6.45) is 1.25. The van der Waals surface area contributed by atoms with Crippen molar-refractivity contribution in [2.24, 2.45) is 0 Å². The van der Waals surface area contributed by atoms with E-state index < -0.39 is 4.92 Å². The molecule has 0 N–H and O–H groups in total. The van der Waals surface area contributed by atoms with Gasteiger partial charge in [-0.1, -0.05) is 23.7 Å². The molecule has 0 spiro atoms. The van der Waals surface area contributed by atoms with E-state index in [4.69, 9.17) is 21.1 Å². The Morgan fingerprint density at radius 3 is 2.41 bits per heavy atom. The highest BCUT2D eigenvalue weighted by Gasteiger charge is 2.24. The molecule has 0 aliphatic carbocycles. The molecule has 1 aromatic heterocycles. The minimum atomic E-state index is -0.477. The van der Waals surface area contributed by atoms with E-state index in [2.05, 4.69) is 4.98 Å². The predicted octanol–water partition coefficient (Wildman–Crippen LogP) is 4.19. The smallest absolute Gasteiger partial charge is 0.287 e. The Morgan fingerprint density at radius 1 is 1.06 bits per heavy atom. The molecule has 9 nitrogen and oxygen atoms in total. The Labute approximate surface area is 201 Å². The summed E-state index contributed by atoms with van der Waals surface area (Å²) in [5.41, 5.74) is 1.43. The molecule has 34 heavy (non-hydrogen) atoms. The largest absolute Gasteiger partial charge is 0.493 e. The summed E-state index contributed by atoms with van der Waals surface area (Å²) >= 11 is 5.92. The van der Waals surface area contributed by atoms with Gasteiger partial charge in [-0.3, -0.25) is 14.9 Å². The number of nitro groups is 1. The molecule has 1 aliphatic heterocycles. The zero-order valence-electron chi connectivity index (χ0n) is 18.5. The Hall–Kier alpha value is -3.85. The van der Waals surface area contributed by atoms with E-state index in [1.54, 1.807) is 41.3 Å². The minimum absolute atomic E-state index is 0.0490. The van der Waals surface area contributed by atoms with Gasteiger partial charge in [-0.05, 0) is 42.0 Å². The van der Waals surface area contributed by atoms with Crippen molar-refractivity contribution >= 4 is 29.0 Å². The van der Waals surface area contributed by atoms with E-state index in [9.17, 15) is 14.9 Å². The molecule has 0 saturated carbocycles. The first-order chi connectivity index (χ1) is 16.4. The van der Waals surface area contributed by atoms with Crippen molar-refractivity contribution < 1.29 is 19.2 Å². The van der Waals surface area contributed by atoms with Crippen LogP contribution in [-0.4, -0.2) is 54.0 Å². The van der Waals surface area contributed by atoms with Crippen LogP contribution in [0.4, 0.5) is 11.5 Å². The van der Waals surface area contributed by atoms with E-state index in [1.165, 1.54) is 19.4 Å². The van der Waals surface area contributed by atoms with Gasteiger partial charge in [0, 0.05) is 42.8 Å². The van der Waals surface area contributed by atoms with Gasteiger partial charge in [0.15, 0.2) is 11.5 Å². The molecule has 1 amide bonds. The lowest BCUT2D eigenvalue weighted by Gasteiger charge is -2.35. The second-order valence-electron chi connectivity index (χ2n) is 7.69. The average Bonchev–Trinajstić information content (AvgIpc) is 2.88. The average molecular weight is 483 g/mol. The third kappa shape index (κ3) is 5.37. The standard InChI is InChI=1S/C24H23ClN4O5/c1-33-22-14-18(4-8-21(22)34-16-17-2-5-19(25)6-3-17)24(30)28-12-10-27(11-13-28)23-9-7-20(15-26-23)29(31)32/h2-9,14-15H,10-13,16H2,1H3. The van der Waals surface area contributed by atoms with Crippen LogP contribution in [0.3, 0.4) is 0 Å². The fourth-order valence-electron chi connectivity index (χ4n) is 3.66. The van der Waals surface area contributed by atoms with Crippen LogP contribution in [0.1, 0.15) is 15.9 Å². The highest BCUT2D eigenvalue weighted by atomic mass is 35.5. The number of rotatable bonds is 7. The fraction of sp³-hybridized carbons (Fsp3) is 0.250. The van der Waals surface area contributed by atoms with Crippen molar-refractivity contribution in [1.82, 2.24) is 9.88 Å². The first kappa shape index (κ1) is 23.3. The van der Waals surface area contributed by atoms with Crippen LogP contribution in [-0.2, 0) is 6.61 Å². The van der Waals surface area contributed by atoms with Crippen molar-refractivity contribution in [2.45, 2.75) is 6.61 Å². The third-order valence-electron chi connectivity index (χ3n) is 5.55. The number of pyridine rings is 1. The highest BCUT2D eigenvalue weighted by molar-refractivity contribution is 6.30. The molecule has 176 valence electrons. The van der Waals surface area contributed by atoms with E-state index in [-0.39, 0.29) is 11.6 Å². The number of methoxy groups -OCH3 is 1. The lowest BCUT2D eigenvalue weighted by Crippen LogP contribution is -2.49. The van der Waals surface area contributed by atoms with E-state index in [0.29, 0.717) is 60.7 Å². The van der Waals surface area contributed by atoms with Gasteiger partial charge in [-0.15, -0.1) is 0 Å². The molecular formula is C24H23ClN4O5. The summed E-state index contributed by atoms with van der Waals surface area (Å²) in [4.78, 5) is 31.3. The Kier molecular flexibility index (Phi) is 7.12. The van der Waals surface area contributed by atoms with E-state index in [1.807, 2.05) is 17.0 Å². The van der Waals surface area contributed by atoms with Gasteiger partial charge in [0.25, 0.3) is 11.6 Å². The lowest BCUT2D eigenvalue weighted by molar-refractivity contribution is -0.385. The van der Waals surface area contributed by atoms with Gasteiger partial charge >= 0.3 is 0 Å². The van der Waals surface area contributed by atoms with Crippen molar-refractivity contribution in [3.63, 3.8) is 0 Å². The number of benzene rings is 2. The summed E-state index contributed by atoms with van der Waals surface area (Å²) in [6.45, 7) is 2.52. The van der Waals surface area contributed by atoms with Crippen molar-refractivity contribution in [2.75, 3.05) is 38.2 Å². The zero-order chi connectivity index (χ0) is 24.1. The quantitative estimate of drug-likeness (QED) is 0.367. The molecule has 4 rings (SSSR count). The summed E-state index contributed by atoms with van der Waals surface area (Å²) < 4.78 is 11.3. The van der Waals surface area contributed by atoms with Crippen molar-refractivity contribution in [1.29, 1.82) is 0 Å². The van der Waals surface area contributed by atoms with Crippen molar-refractivity contribution in [3.05, 3.63) is 87.1 Å². The number of anilines is 1. The molecule has 2 heterocycles. The third-order valence-corrected chi connectivity index (χ3v) is 5.80. The number of hydrogen-bond donors (Lipinski definition) is 0. The first-order valence-electron chi connectivity index (χ1n) is 10.6. The topological polar surface area (TPSA) is 98.0 Å². The molecular weight excluding hydrogens is 460 g/mol. The first-order valence-corrected chi connectivity index (χ1v) is 11.0. The molecule has 10 heteroatoms. The SMILES string of the molecule is COc1cc(C(=O)N2CCN(c3ccc([N+](=O)[O-])cn3)CC2)ccc1OCc1ccc(Cl)cc1. The second-order valence-corrected chi connectivity index (χ2v) is 8.13. The van der Waals surface area contributed by atoms with Crippen LogP contribution in [0.2, 0.25) is 5.02 Å². The number of carbonyl (C=O) groups excluding carboxylic acids is 1. The number of ether oxygens (including phenoxy) is 2. The Morgan fingerprint density at radius 2 is 1.79 bits per heavy atom. The molecule has 2 aromatic carbocycles. The maximum atomic E-state index is 13.1. The van der Waals surface area contributed by atoms with Gasteiger partial charge in [0.2, 0.25) is 0 Å². The van der Waals surface area contributed by atoms with Crippen LogP contribution in [0, 0.1) is 10.1 Å². The predicted molar refractivity (Wildman–Crippen MR) is 128 cm³/mol. The normalized spacial score (nSPS) is 13.5. The summed E-state index contributed by atoms with van der Waals surface area (Å²) in [6, 6.07) is 15.6. The Bertz CT molecular complexity index is 1160. The number of hydrogen-bond acceptors (Lipinski definition) is 7. The van der Waals surface area contributed by atoms with Crippen LogP contribution >= 0.6 is 11.6 Å². The molecule has 3 aromatic rings. The zero-order valence-corrected chi connectivity index (χ0v) is 19.3. The van der Waals surface area contributed by atoms with Gasteiger partial charge < -0.3 is 19.3 Å². The Balaban J connectivity index is 1.37. The molecule has 0 unspecified atom stereocenters. The van der Waals surface area contributed by atoms with Crippen LogP contribution in [0.5, 0.6) is 11.5 Å².